The number of tetrazole rings is 1. The van der Waals surface area contributed by atoms with E-state index in [4.69, 9.17) is 0 Å². The second-order valence-corrected chi connectivity index (χ2v) is 8.38. The Balaban J connectivity index is 1.45. The molecule has 0 fully saturated rings. The molecule has 0 aliphatic carbocycles. The number of hydrogen-bond donors (Lipinski definition) is 0. The number of carbonyl (C=O) groups excluding carboxylic acids is 1. The first-order valence-electron chi connectivity index (χ1n) is 10.2. The molecule has 7 heteroatoms. The summed E-state index contributed by atoms with van der Waals surface area (Å²) in [6, 6.07) is 24.2. The van der Waals surface area contributed by atoms with Gasteiger partial charge in [-0.05, 0) is 65.1 Å². The molecule has 0 saturated heterocycles. The zero-order chi connectivity index (χ0) is 21.2. The number of aromatic nitrogens is 4. The maximum atomic E-state index is 13.5. The topological polar surface area (TPSA) is 63.9 Å². The third kappa shape index (κ3) is 3.72. The number of aryl methyl sites for hydroxylation is 3. The Bertz CT molecular complexity index is 1200. The first-order valence-corrected chi connectivity index (χ1v) is 11.2. The van der Waals surface area contributed by atoms with Gasteiger partial charge in [0.25, 0.3) is 0 Å². The van der Waals surface area contributed by atoms with E-state index in [0.29, 0.717) is 5.16 Å². The zero-order valence-corrected chi connectivity index (χ0v) is 17.9. The van der Waals surface area contributed by atoms with Crippen LogP contribution in [0.4, 0.5) is 11.4 Å². The van der Waals surface area contributed by atoms with Crippen LogP contribution in [-0.2, 0) is 17.6 Å². The molecule has 2 heterocycles. The molecule has 0 atom stereocenters. The lowest BCUT2D eigenvalue weighted by Gasteiger charge is -2.24. The first-order chi connectivity index (χ1) is 15.2. The summed E-state index contributed by atoms with van der Waals surface area (Å²) in [5.74, 6) is 0.237. The van der Waals surface area contributed by atoms with Crippen molar-refractivity contribution in [1.82, 2.24) is 20.2 Å². The number of para-hydroxylation sites is 3. The largest absolute Gasteiger partial charge is 0.280 e. The highest BCUT2D eigenvalue weighted by Crippen LogP contribution is 2.36. The standard InChI is InChI=1S/C24H21N5OS/c1-17-8-2-5-11-20(17)29-24(25-26-27-29)31-16-23(30)28-21-12-6-3-9-18(21)14-15-19-10-4-7-13-22(19)28/h2-13H,14-16H2,1H3. The molecular weight excluding hydrogens is 406 g/mol. The number of amides is 1. The van der Waals surface area contributed by atoms with Gasteiger partial charge in [-0.25, -0.2) is 0 Å². The summed E-state index contributed by atoms with van der Waals surface area (Å²) < 4.78 is 1.69. The van der Waals surface area contributed by atoms with Gasteiger partial charge in [0.15, 0.2) is 0 Å². The van der Waals surface area contributed by atoms with Gasteiger partial charge in [0.1, 0.15) is 0 Å². The summed E-state index contributed by atoms with van der Waals surface area (Å²) >= 11 is 1.35. The third-order valence-corrected chi connectivity index (χ3v) is 6.39. The maximum absolute atomic E-state index is 13.5. The van der Waals surface area contributed by atoms with E-state index in [9.17, 15) is 4.79 Å². The molecule has 0 radical (unpaired) electrons. The van der Waals surface area contributed by atoms with E-state index >= 15 is 0 Å². The number of benzene rings is 3. The number of thioether (sulfide) groups is 1. The molecule has 1 aromatic heterocycles. The number of nitrogens with zero attached hydrogens (tertiary/aromatic N) is 5. The van der Waals surface area contributed by atoms with Gasteiger partial charge in [0, 0.05) is 0 Å². The predicted octanol–water partition coefficient (Wildman–Crippen LogP) is 4.53. The molecule has 0 saturated carbocycles. The molecule has 1 aliphatic heterocycles. The smallest absolute Gasteiger partial charge is 0.242 e. The number of fused-ring (bicyclic) bond motifs is 2. The number of rotatable bonds is 4. The summed E-state index contributed by atoms with van der Waals surface area (Å²) in [6.45, 7) is 2.02. The molecule has 154 valence electrons. The summed E-state index contributed by atoms with van der Waals surface area (Å²) in [5.41, 5.74) is 6.25. The van der Waals surface area contributed by atoms with E-state index in [2.05, 4.69) is 27.7 Å². The molecule has 0 N–H and O–H groups in total. The lowest BCUT2D eigenvalue weighted by Crippen LogP contribution is -2.28. The molecule has 5 rings (SSSR count). The minimum absolute atomic E-state index is 0.00568. The lowest BCUT2D eigenvalue weighted by molar-refractivity contribution is -0.115. The zero-order valence-electron chi connectivity index (χ0n) is 17.1. The maximum Gasteiger partial charge on any atom is 0.242 e. The molecule has 0 bridgehead atoms. The van der Waals surface area contributed by atoms with Gasteiger partial charge in [0.2, 0.25) is 11.1 Å². The van der Waals surface area contributed by atoms with Crippen LogP contribution in [-0.4, -0.2) is 31.9 Å². The van der Waals surface area contributed by atoms with Crippen molar-refractivity contribution in [3.05, 3.63) is 89.5 Å². The number of anilines is 2. The van der Waals surface area contributed by atoms with Crippen molar-refractivity contribution in [2.24, 2.45) is 0 Å². The highest BCUT2D eigenvalue weighted by atomic mass is 32.2. The van der Waals surface area contributed by atoms with Crippen LogP contribution in [0.1, 0.15) is 16.7 Å². The molecule has 0 spiro atoms. The quantitative estimate of drug-likeness (QED) is 0.448. The highest BCUT2D eigenvalue weighted by Gasteiger charge is 2.26. The molecule has 0 unspecified atom stereocenters. The molecule has 1 amide bonds. The summed E-state index contributed by atoms with van der Waals surface area (Å²) in [4.78, 5) is 15.4. The van der Waals surface area contributed by atoms with Gasteiger partial charge in [-0.15, -0.1) is 5.10 Å². The Morgan fingerprint density at radius 3 is 2.10 bits per heavy atom. The Morgan fingerprint density at radius 2 is 1.45 bits per heavy atom. The van der Waals surface area contributed by atoms with Gasteiger partial charge in [-0.3, -0.25) is 9.69 Å². The lowest BCUT2D eigenvalue weighted by atomic mass is 10.0. The van der Waals surface area contributed by atoms with Gasteiger partial charge in [-0.1, -0.05) is 66.4 Å². The monoisotopic (exact) mass is 427 g/mol. The minimum atomic E-state index is 0.00568. The molecular formula is C24H21N5OS. The molecule has 1 aliphatic rings. The Labute approximate surface area is 184 Å². The fourth-order valence-electron chi connectivity index (χ4n) is 3.96. The van der Waals surface area contributed by atoms with Gasteiger partial charge >= 0.3 is 0 Å². The van der Waals surface area contributed by atoms with E-state index < -0.39 is 0 Å². The van der Waals surface area contributed by atoms with Gasteiger partial charge in [0.05, 0.1) is 22.8 Å². The number of hydrogen-bond acceptors (Lipinski definition) is 5. The fraction of sp³-hybridized carbons (Fsp3) is 0.167. The summed E-state index contributed by atoms with van der Waals surface area (Å²) in [7, 11) is 0. The van der Waals surface area contributed by atoms with Crippen molar-refractivity contribution < 1.29 is 4.79 Å². The minimum Gasteiger partial charge on any atom is -0.280 e. The summed E-state index contributed by atoms with van der Waals surface area (Å²) in [6.07, 6.45) is 1.82. The predicted molar refractivity (Wildman–Crippen MR) is 122 cm³/mol. The van der Waals surface area contributed by atoms with Crippen molar-refractivity contribution in [2.45, 2.75) is 24.9 Å². The molecule has 3 aromatic carbocycles. The Hall–Kier alpha value is -3.45. The van der Waals surface area contributed by atoms with E-state index in [1.165, 1.54) is 22.9 Å². The number of carbonyl (C=O) groups is 1. The van der Waals surface area contributed by atoms with Crippen molar-refractivity contribution in [1.29, 1.82) is 0 Å². The summed E-state index contributed by atoms with van der Waals surface area (Å²) in [5, 5.41) is 12.7. The molecule has 31 heavy (non-hydrogen) atoms. The second kappa shape index (κ2) is 8.35. The van der Waals surface area contributed by atoms with Crippen molar-refractivity contribution >= 4 is 29.0 Å². The van der Waals surface area contributed by atoms with Crippen LogP contribution in [0.5, 0.6) is 0 Å². The van der Waals surface area contributed by atoms with Crippen LogP contribution in [0, 0.1) is 6.92 Å². The third-order valence-electron chi connectivity index (χ3n) is 5.49. The average molecular weight is 428 g/mol. The normalized spacial score (nSPS) is 12.7. The van der Waals surface area contributed by atoms with Crippen LogP contribution in [0.3, 0.4) is 0 Å². The van der Waals surface area contributed by atoms with Crippen LogP contribution in [0.25, 0.3) is 5.69 Å². The second-order valence-electron chi connectivity index (χ2n) is 7.43. The molecule has 6 nitrogen and oxygen atoms in total. The van der Waals surface area contributed by atoms with Crippen LogP contribution in [0.2, 0.25) is 0 Å². The van der Waals surface area contributed by atoms with Gasteiger partial charge < -0.3 is 0 Å². The van der Waals surface area contributed by atoms with Crippen LogP contribution >= 0.6 is 11.8 Å². The van der Waals surface area contributed by atoms with E-state index in [1.807, 2.05) is 72.5 Å². The van der Waals surface area contributed by atoms with Gasteiger partial charge in [-0.2, -0.15) is 4.68 Å². The fourth-order valence-corrected chi connectivity index (χ4v) is 4.69. The van der Waals surface area contributed by atoms with E-state index in [0.717, 1.165) is 35.5 Å². The van der Waals surface area contributed by atoms with Crippen molar-refractivity contribution in [2.75, 3.05) is 10.7 Å². The highest BCUT2D eigenvalue weighted by molar-refractivity contribution is 7.99. The van der Waals surface area contributed by atoms with Crippen molar-refractivity contribution in [3.8, 4) is 5.69 Å². The average Bonchev–Trinajstić information content (AvgIpc) is 3.19. The Morgan fingerprint density at radius 1 is 0.871 bits per heavy atom. The SMILES string of the molecule is Cc1ccccc1-n1nnnc1SCC(=O)N1c2ccccc2CCc2ccccc21. The van der Waals surface area contributed by atoms with Crippen molar-refractivity contribution in [3.63, 3.8) is 0 Å². The van der Waals surface area contributed by atoms with E-state index in [1.54, 1.807) is 4.68 Å². The van der Waals surface area contributed by atoms with Crippen LogP contribution < -0.4 is 4.90 Å². The van der Waals surface area contributed by atoms with Crippen LogP contribution in [0.15, 0.2) is 78.0 Å². The molecule has 4 aromatic rings. The Kier molecular flexibility index (Phi) is 5.26. The first kappa shape index (κ1) is 19.5. The van der Waals surface area contributed by atoms with E-state index in [-0.39, 0.29) is 11.7 Å².